The number of alkyl halides is 3. The molecule has 16 heavy (non-hydrogen) atoms. The molecule has 0 aromatic carbocycles. The topological polar surface area (TPSA) is 47.1 Å². The Labute approximate surface area is 90.8 Å². The highest BCUT2D eigenvalue weighted by atomic mass is 19.4. The van der Waals surface area contributed by atoms with Gasteiger partial charge in [-0.3, -0.25) is 9.58 Å². The van der Waals surface area contributed by atoms with Crippen molar-refractivity contribution >= 4 is 5.69 Å². The minimum absolute atomic E-state index is 0.0124. The summed E-state index contributed by atoms with van der Waals surface area (Å²) in [5.41, 5.74) is 6.91. The van der Waals surface area contributed by atoms with Crippen LogP contribution in [0.1, 0.15) is 11.7 Å². The number of rotatable bonds is 2. The van der Waals surface area contributed by atoms with Crippen molar-refractivity contribution < 1.29 is 13.2 Å². The maximum Gasteiger partial charge on any atom is 0.401 e. The first-order valence-electron chi connectivity index (χ1n) is 4.95. The first kappa shape index (κ1) is 11.3. The van der Waals surface area contributed by atoms with Crippen LogP contribution in [0.2, 0.25) is 0 Å². The van der Waals surface area contributed by atoms with Gasteiger partial charge in [-0.1, -0.05) is 0 Å². The van der Waals surface area contributed by atoms with Crippen LogP contribution in [0.4, 0.5) is 18.9 Å². The van der Waals surface area contributed by atoms with Gasteiger partial charge < -0.3 is 5.73 Å². The number of nitrogen functional groups attached to an aromatic ring is 1. The molecule has 0 atom stereocenters. The molecule has 0 amide bonds. The zero-order valence-electron chi connectivity index (χ0n) is 8.83. The summed E-state index contributed by atoms with van der Waals surface area (Å²) in [6.07, 6.45) is -2.45. The van der Waals surface area contributed by atoms with E-state index in [1.54, 1.807) is 17.8 Å². The lowest BCUT2D eigenvalue weighted by atomic mass is 10.1. The molecule has 7 heteroatoms. The third-order valence-electron chi connectivity index (χ3n) is 2.67. The molecule has 0 aliphatic carbocycles. The van der Waals surface area contributed by atoms with Crippen molar-refractivity contribution in [1.82, 2.24) is 14.7 Å². The highest BCUT2D eigenvalue weighted by Gasteiger charge is 2.37. The van der Waals surface area contributed by atoms with Gasteiger partial charge in [0.2, 0.25) is 0 Å². The molecule has 2 N–H and O–H groups in total. The first-order valence-corrected chi connectivity index (χ1v) is 4.95. The third-order valence-corrected chi connectivity index (χ3v) is 2.67. The maximum absolute atomic E-state index is 12.0. The Hall–Kier alpha value is -1.24. The molecule has 90 valence electrons. The molecule has 1 aromatic rings. The summed E-state index contributed by atoms with van der Waals surface area (Å²) in [6, 6.07) is 0.0124. The van der Waals surface area contributed by atoms with E-state index in [0.717, 1.165) is 0 Å². The number of anilines is 1. The van der Waals surface area contributed by atoms with Gasteiger partial charge in [0.05, 0.1) is 24.0 Å². The molecule has 1 aromatic heterocycles. The van der Waals surface area contributed by atoms with Crippen LogP contribution in [0.3, 0.4) is 0 Å². The number of likely N-dealkylation sites (tertiary alicyclic amines) is 1. The Balaban J connectivity index is 1.89. The van der Waals surface area contributed by atoms with E-state index in [1.165, 1.54) is 4.90 Å². The van der Waals surface area contributed by atoms with E-state index >= 15 is 0 Å². The molecule has 1 aliphatic heterocycles. The Morgan fingerprint density at radius 2 is 2.12 bits per heavy atom. The molecule has 1 aliphatic rings. The standard InChI is InChI=1S/C9H13F3N4/c1-6-8(13)4-16(14-6)7-2-15(3-7)5-9(10,11)12/h4,7H,2-3,5,13H2,1H3. The Morgan fingerprint density at radius 1 is 1.50 bits per heavy atom. The van der Waals surface area contributed by atoms with Gasteiger partial charge in [0.1, 0.15) is 0 Å². The highest BCUT2D eigenvalue weighted by molar-refractivity contribution is 5.39. The smallest absolute Gasteiger partial charge is 0.396 e. The molecule has 0 saturated carbocycles. The molecule has 0 unspecified atom stereocenters. The van der Waals surface area contributed by atoms with Crippen molar-refractivity contribution in [2.75, 3.05) is 25.4 Å². The first-order chi connectivity index (χ1) is 7.35. The van der Waals surface area contributed by atoms with Crippen LogP contribution in [0.25, 0.3) is 0 Å². The van der Waals surface area contributed by atoms with Crippen LogP contribution in [0.5, 0.6) is 0 Å². The molecule has 4 nitrogen and oxygen atoms in total. The van der Waals surface area contributed by atoms with Gasteiger partial charge >= 0.3 is 6.18 Å². The highest BCUT2D eigenvalue weighted by Crippen LogP contribution is 2.26. The predicted molar refractivity (Wildman–Crippen MR) is 52.9 cm³/mol. The van der Waals surface area contributed by atoms with Crippen molar-refractivity contribution in [1.29, 1.82) is 0 Å². The lowest BCUT2D eigenvalue weighted by molar-refractivity contribution is -0.157. The Morgan fingerprint density at radius 3 is 2.56 bits per heavy atom. The predicted octanol–water partition coefficient (Wildman–Crippen LogP) is 1.19. The maximum atomic E-state index is 12.0. The van der Waals surface area contributed by atoms with Crippen LogP contribution in [0.15, 0.2) is 6.20 Å². The Kier molecular flexibility index (Phi) is 2.57. The van der Waals surface area contributed by atoms with Gasteiger partial charge in [-0.05, 0) is 6.92 Å². The van der Waals surface area contributed by atoms with Gasteiger partial charge in [-0.15, -0.1) is 0 Å². The molecular formula is C9H13F3N4. The molecule has 1 saturated heterocycles. The summed E-state index contributed by atoms with van der Waals surface area (Å²) < 4.78 is 37.8. The quantitative estimate of drug-likeness (QED) is 0.836. The Bertz CT molecular complexity index is 359. The number of hydrogen-bond donors (Lipinski definition) is 1. The normalized spacial score (nSPS) is 18.8. The number of aromatic nitrogens is 2. The number of nitrogens with zero attached hydrogens (tertiary/aromatic N) is 3. The molecule has 0 radical (unpaired) electrons. The molecule has 0 spiro atoms. The van der Waals surface area contributed by atoms with E-state index in [1.807, 2.05) is 0 Å². The summed E-state index contributed by atoms with van der Waals surface area (Å²) in [5, 5.41) is 4.15. The second kappa shape index (κ2) is 3.65. The van der Waals surface area contributed by atoms with Gasteiger partial charge in [-0.25, -0.2) is 0 Å². The number of nitrogens with two attached hydrogens (primary N) is 1. The van der Waals surface area contributed by atoms with Crippen molar-refractivity contribution in [3.63, 3.8) is 0 Å². The van der Waals surface area contributed by atoms with Crippen molar-refractivity contribution in [2.24, 2.45) is 0 Å². The van der Waals surface area contributed by atoms with Crippen LogP contribution >= 0.6 is 0 Å². The number of aryl methyl sites for hydroxylation is 1. The largest absolute Gasteiger partial charge is 0.401 e. The summed E-state index contributed by atoms with van der Waals surface area (Å²) in [4.78, 5) is 1.35. The summed E-state index contributed by atoms with van der Waals surface area (Å²) in [7, 11) is 0. The SMILES string of the molecule is Cc1nn(C2CN(CC(F)(F)F)C2)cc1N. The second-order valence-electron chi connectivity index (χ2n) is 4.11. The summed E-state index contributed by atoms with van der Waals surface area (Å²) >= 11 is 0. The van der Waals surface area contributed by atoms with Crippen molar-refractivity contribution in [3.05, 3.63) is 11.9 Å². The van der Waals surface area contributed by atoms with Crippen molar-refractivity contribution in [2.45, 2.75) is 19.1 Å². The number of halogens is 3. The molecule has 2 rings (SSSR count). The average Bonchev–Trinajstić information content (AvgIpc) is 2.37. The molecular weight excluding hydrogens is 221 g/mol. The van der Waals surface area contributed by atoms with Crippen LogP contribution < -0.4 is 5.73 Å². The average molecular weight is 234 g/mol. The monoisotopic (exact) mass is 234 g/mol. The fourth-order valence-electron chi connectivity index (χ4n) is 1.78. The minimum atomic E-state index is -4.12. The minimum Gasteiger partial charge on any atom is -0.396 e. The molecule has 0 bridgehead atoms. The van der Waals surface area contributed by atoms with E-state index in [-0.39, 0.29) is 6.04 Å². The van der Waals surface area contributed by atoms with Gasteiger partial charge in [0, 0.05) is 19.3 Å². The van der Waals surface area contributed by atoms with E-state index in [2.05, 4.69) is 5.10 Å². The summed E-state index contributed by atoms with van der Waals surface area (Å²) in [5.74, 6) is 0. The fourth-order valence-corrected chi connectivity index (χ4v) is 1.78. The lowest BCUT2D eigenvalue weighted by Crippen LogP contribution is -2.51. The summed E-state index contributed by atoms with van der Waals surface area (Å²) in [6.45, 7) is 1.68. The van der Waals surface area contributed by atoms with Crippen molar-refractivity contribution in [3.8, 4) is 0 Å². The van der Waals surface area contributed by atoms with Crippen LogP contribution in [0, 0.1) is 6.92 Å². The van der Waals surface area contributed by atoms with E-state index in [0.29, 0.717) is 24.5 Å². The molecule has 1 fully saturated rings. The third kappa shape index (κ3) is 2.29. The van der Waals surface area contributed by atoms with E-state index in [9.17, 15) is 13.2 Å². The second-order valence-corrected chi connectivity index (χ2v) is 4.11. The van der Waals surface area contributed by atoms with Gasteiger partial charge in [0.15, 0.2) is 0 Å². The van der Waals surface area contributed by atoms with Gasteiger partial charge in [0.25, 0.3) is 0 Å². The zero-order chi connectivity index (χ0) is 11.9. The number of hydrogen-bond acceptors (Lipinski definition) is 3. The lowest BCUT2D eigenvalue weighted by Gasteiger charge is -2.39. The van der Waals surface area contributed by atoms with E-state index in [4.69, 9.17) is 5.73 Å². The zero-order valence-corrected chi connectivity index (χ0v) is 8.83. The van der Waals surface area contributed by atoms with Crippen LogP contribution in [-0.2, 0) is 0 Å². The van der Waals surface area contributed by atoms with Gasteiger partial charge in [-0.2, -0.15) is 18.3 Å². The fraction of sp³-hybridized carbons (Fsp3) is 0.667. The van der Waals surface area contributed by atoms with Crippen LogP contribution in [-0.4, -0.2) is 40.5 Å². The molecule has 2 heterocycles. The van der Waals surface area contributed by atoms with E-state index < -0.39 is 12.7 Å².